The van der Waals surface area contributed by atoms with E-state index < -0.39 is 11.9 Å². The van der Waals surface area contributed by atoms with Gasteiger partial charge in [-0.1, -0.05) is 26.7 Å². The van der Waals surface area contributed by atoms with Crippen molar-refractivity contribution in [3.8, 4) is 0 Å². The first-order valence-electron chi connectivity index (χ1n) is 8.56. The van der Waals surface area contributed by atoms with Gasteiger partial charge in [-0.25, -0.2) is 0 Å². The van der Waals surface area contributed by atoms with Crippen LogP contribution >= 0.6 is 0 Å². The first kappa shape index (κ1) is 17.3. The quantitative estimate of drug-likeness (QED) is 0.791. The van der Waals surface area contributed by atoms with Crippen molar-refractivity contribution in [2.75, 3.05) is 6.61 Å². The summed E-state index contributed by atoms with van der Waals surface area (Å²) >= 11 is 0. The second kappa shape index (κ2) is 7.44. The van der Waals surface area contributed by atoms with Crippen molar-refractivity contribution in [2.24, 2.45) is 11.8 Å². The molecule has 1 aliphatic heterocycles. The molecule has 2 fully saturated rings. The zero-order valence-corrected chi connectivity index (χ0v) is 13.8. The molecule has 1 heterocycles. The molecule has 5 nitrogen and oxygen atoms in total. The Morgan fingerprint density at radius 3 is 2.59 bits per heavy atom. The van der Waals surface area contributed by atoms with Gasteiger partial charge < -0.3 is 15.2 Å². The lowest BCUT2D eigenvalue weighted by atomic mass is 9.87. The first-order valence-corrected chi connectivity index (χ1v) is 8.56. The van der Waals surface area contributed by atoms with Crippen LogP contribution in [0.4, 0.5) is 0 Å². The average Bonchev–Trinajstić information content (AvgIpc) is 2.85. The molecule has 2 atom stereocenters. The molecule has 1 saturated heterocycles. The molecule has 0 aromatic rings. The highest BCUT2D eigenvalue weighted by molar-refractivity contribution is 5.83. The van der Waals surface area contributed by atoms with Crippen molar-refractivity contribution in [1.29, 1.82) is 0 Å². The largest absolute Gasteiger partial charge is 0.481 e. The summed E-state index contributed by atoms with van der Waals surface area (Å²) in [5.41, 5.74) is -0.0312. The van der Waals surface area contributed by atoms with Crippen molar-refractivity contribution in [2.45, 2.75) is 76.9 Å². The molecular weight excluding hydrogens is 282 g/mol. The number of amides is 1. The molecule has 0 bridgehead atoms. The number of carbonyl (C=O) groups excluding carboxylic acids is 1. The monoisotopic (exact) mass is 311 g/mol. The molecule has 1 amide bonds. The van der Waals surface area contributed by atoms with Crippen molar-refractivity contribution in [3.63, 3.8) is 0 Å². The molecule has 126 valence electrons. The van der Waals surface area contributed by atoms with Gasteiger partial charge in [-0.05, 0) is 38.0 Å². The van der Waals surface area contributed by atoms with Crippen molar-refractivity contribution in [1.82, 2.24) is 5.32 Å². The Bertz CT molecular complexity index is 401. The number of nitrogens with one attached hydrogen (secondary N) is 1. The highest BCUT2D eigenvalue weighted by Crippen LogP contribution is 2.40. The third-order valence-electron chi connectivity index (χ3n) is 4.90. The molecule has 2 aliphatic rings. The molecule has 22 heavy (non-hydrogen) atoms. The van der Waals surface area contributed by atoms with Crippen molar-refractivity contribution in [3.05, 3.63) is 0 Å². The van der Waals surface area contributed by atoms with E-state index in [4.69, 9.17) is 9.84 Å². The second-order valence-corrected chi connectivity index (χ2v) is 7.36. The number of rotatable bonds is 6. The Kier molecular flexibility index (Phi) is 5.84. The summed E-state index contributed by atoms with van der Waals surface area (Å²) in [4.78, 5) is 23.5. The van der Waals surface area contributed by atoms with Crippen LogP contribution in [0, 0.1) is 11.8 Å². The topological polar surface area (TPSA) is 75.6 Å². The molecule has 0 aromatic heterocycles. The minimum absolute atomic E-state index is 0.0312. The summed E-state index contributed by atoms with van der Waals surface area (Å²) in [5.74, 6) is -1.12. The number of carboxylic acid groups (broad SMARTS) is 1. The van der Waals surface area contributed by atoms with Crippen LogP contribution in [0.1, 0.15) is 65.2 Å². The van der Waals surface area contributed by atoms with Gasteiger partial charge in [0.1, 0.15) is 0 Å². The van der Waals surface area contributed by atoms with Crippen LogP contribution in [-0.4, -0.2) is 35.2 Å². The number of hydrogen-bond acceptors (Lipinski definition) is 3. The Balaban J connectivity index is 1.91. The molecule has 1 saturated carbocycles. The van der Waals surface area contributed by atoms with E-state index in [-0.39, 0.29) is 24.0 Å². The van der Waals surface area contributed by atoms with E-state index in [9.17, 15) is 9.59 Å². The smallest absolute Gasteiger partial charge is 0.304 e. The molecular formula is C17H29NO4. The summed E-state index contributed by atoms with van der Waals surface area (Å²) in [6, 6.07) is 0.128. The number of carbonyl (C=O) groups is 2. The normalized spacial score (nSPS) is 25.3. The zero-order chi connectivity index (χ0) is 16.2. The Hall–Kier alpha value is -1.10. The Morgan fingerprint density at radius 1 is 1.32 bits per heavy atom. The maximum absolute atomic E-state index is 12.5. The van der Waals surface area contributed by atoms with Gasteiger partial charge in [-0.3, -0.25) is 9.59 Å². The van der Waals surface area contributed by atoms with Crippen LogP contribution in [-0.2, 0) is 14.3 Å². The fourth-order valence-electron chi connectivity index (χ4n) is 3.90. The highest BCUT2D eigenvalue weighted by atomic mass is 16.5. The number of ether oxygens (including phenoxy) is 1. The first-order chi connectivity index (χ1) is 10.4. The minimum Gasteiger partial charge on any atom is -0.481 e. The number of hydrogen-bond donors (Lipinski definition) is 2. The van der Waals surface area contributed by atoms with E-state index in [1.54, 1.807) is 0 Å². The van der Waals surface area contributed by atoms with E-state index in [0.717, 1.165) is 25.7 Å². The summed E-state index contributed by atoms with van der Waals surface area (Å²) in [5, 5.41) is 12.1. The van der Waals surface area contributed by atoms with Crippen molar-refractivity contribution >= 4 is 11.9 Å². The van der Waals surface area contributed by atoms with Gasteiger partial charge >= 0.3 is 5.97 Å². The molecule has 0 aromatic carbocycles. The van der Waals surface area contributed by atoms with Gasteiger partial charge in [0.25, 0.3) is 0 Å². The highest BCUT2D eigenvalue weighted by Gasteiger charge is 2.40. The minimum atomic E-state index is -0.903. The van der Waals surface area contributed by atoms with Gasteiger partial charge in [0.05, 0.1) is 12.0 Å². The van der Waals surface area contributed by atoms with Crippen LogP contribution in [0.5, 0.6) is 0 Å². The van der Waals surface area contributed by atoms with Crippen LogP contribution in [0.15, 0.2) is 0 Å². The molecule has 5 heteroatoms. The second-order valence-electron chi connectivity index (χ2n) is 7.36. The predicted molar refractivity (Wildman–Crippen MR) is 83.5 cm³/mol. The van der Waals surface area contributed by atoms with E-state index >= 15 is 0 Å². The van der Waals surface area contributed by atoms with Gasteiger partial charge in [0, 0.05) is 18.6 Å². The number of carboxylic acids is 1. The standard InChI is InChI=1S/C17H29NO4/c1-12(2)9-13(10-15(19)20)16(21)18-14-5-8-22-17(11-14)6-3-4-7-17/h12-14H,3-11H2,1-2H3,(H,18,21)(H,19,20). The average molecular weight is 311 g/mol. The third kappa shape index (κ3) is 4.70. The van der Waals surface area contributed by atoms with E-state index in [2.05, 4.69) is 5.32 Å². The molecule has 0 radical (unpaired) electrons. The van der Waals surface area contributed by atoms with Crippen molar-refractivity contribution < 1.29 is 19.4 Å². The summed E-state index contributed by atoms with van der Waals surface area (Å²) in [6.07, 6.45) is 6.82. The van der Waals surface area contributed by atoms with Gasteiger partial charge in [0.2, 0.25) is 5.91 Å². The molecule has 2 N–H and O–H groups in total. The lowest BCUT2D eigenvalue weighted by Gasteiger charge is -2.39. The van der Waals surface area contributed by atoms with Gasteiger partial charge in [-0.15, -0.1) is 0 Å². The van der Waals surface area contributed by atoms with Crippen LogP contribution < -0.4 is 5.32 Å². The number of aliphatic carboxylic acids is 1. The lowest BCUT2D eigenvalue weighted by molar-refractivity contribution is -0.142. The van der Waals surface area contributed by atoms with E-state index in [1.807, 2.05) is 13.8 Å². The summed E-state index contributed by atoms with van der Waals surface area (Å²) < 4.78 is 5.98. The lowest BCUT2D eigenvalue weighted by Crippen LogP contribution is -2.49. The van der Waals surface area contributed by atoms with E-state index in [0.29, 0.717) is 18.9 Å². The summed E-state index contributed by atoms with van der Waals surface area (Å²) in [7, 11) is 0. The van der Waals surface area contributed by atoms with Crippen LogP contribution in [0.3, 0.4) is 0 Å². The fourth-order valence-corrected chi connectivity index (χ4v) is 3.90. The molecule has 1 spiro atoms. The Labute approximate surface area is 132 Å². The molecule has 2 unspecified atom stereocenters. The van der Waals surface area contributed by atoms with Gasteiger partial charge in [0.15, 0.2) is 0 Å². The van der Waals surface area contributed by atoms with Gasteiger partial charge in [-0.2, -0.15) is 0 Å². The fraction of sp³-hybridized carbons (Fsp3) is 0.882. The predicted octanol–water partition coefficient (Wildman–Crippen LogP) is 2.73. The molecule has 1 aliphatic carbocycles. The third-order valence-corrected chi connectivity index (χ3v) is 4.90. The molecule has 2 rings (SSSR count). The zero-order valence-electron chi connectivity index (χ0n) is 13.8. The maximum atomic E-state index is 12.5. The maximum Gasteiger partial charge on any atom is 0.304 e. The van der Waals surface area contributed by atoms with E-state index in [1.165, 1.54) is 12.8 Å². The summed E-state index contributed by atoms with van der Waals surface area (Å²) in [6.45, 7) is 4.73. The Morgan fingerprint density at radius 2 is 2.00 bits per heavy atom. The van der Waals surface area contributed by atoms with Crippen LogP contribution in [0.2, 0.25) is 0 Å². The SMILES string of the molecule is CC(C)CC(CC(=O)O)C(=O)NC1CCOC2(CCCC2)C1. The van der Waals surface area contributed by atoms with Crippen LogP contribution in [0.25, 0.3) is 0 Å².